The second kappa shape index (κ2) is 8.29. The van der Waals surface area contributed by atoms with Crippen molar-refractivity contribution in [2.75, 3.05) is 0 Å². The normalized spacial score (nSPS) is 23.1. The second-order valence-electron chi connectivity index (χ2n) is 7.79. The topological polar surface area (TPSA) is 0 Å². The largest absolute Gasteiger partial charge is 0.207 e. The third-order valence-electron chi connectivity index (χ3n) is 6.05. The van der Waals surface area contributed by atoms with Crippen molar-refractivity contribution in [3.8, 4) is 0 Å². The molecular formula is C23H30F2. The molecule has 0 spiro atoms. The van der Waals surface area contributed by atoms with Crippen LogP contribution in [0.5, 0.6) is 0 Å². The highest BCUT2D eigenvalue weighted by Crippen LogP contribution is 2.41. The zero-order valence-electron chi connectivity index (χ0n) is 15.4. The van der Waals surface area contributed by atoms with Gasteiger partial charge in [-0.15, -0.1) is 6.58 Å². The highest BCUT2D eigenvalue weighted by molar-refractivity contribution is 5.61. The first-order valence-corrected chi connectivity index (χ1v) is 9.95. The first kappa shape index (κ1) is 18.4. The van der Waals surface area contributed by atoms with Crippen LogP contribution in [-0.2, 0) is 6.42 Å². The van der Waals surface area contributed by atoms with Crippen LogP contribution in [0.15, 0.2) is 24.3 Å². The van der Waals surface area contributed by atoms with Crippen LogP contribution >= 0.6 is 0 Å². The molecule has 2 aliphatic rings. The lowest BCUT2D eigenvalue weighted by atomic mass is 9.75. The van der Waals surface area contributed by atoms with Gasteiger partial charge in [0.15, 0.2) is 0 Å². The van der Waals surface area contributed by atoms with Crippen LogP contribution in [-0.4, -0.2) is 0 Å². The number of allylic oxidation sites excluding steroid dienone is 2. The lowest BCUT2D eigenvalue weighted by Gasteiger charge is -2.30. The lowest BCUT2D eigenvalue weighted by molar-refractivity contribution is 0.303. The van der Waals surface area contributed by atoms with Gasteiger partial charge in [0.05, 0.1) is 0 Å². The van der Waals surface area contributed by atoms with Gasteiger partial charge < -0.3 is 0 Å². The van der Waals surface area contributed by atoms with Gasteiger partial charge >= 0.3 is 0 Å². The fourth-order valence-electron chi connectivity index (χ4n) is 4.64. The molecule has 0 aliphatic heterocycles. The van der Waals surface area contributed by atoms with E-state index in [2.05, 4.69) is 13.5 Å². The van der Waals surface area contributed by atoms with E-state index in [4.69, 9.17) is 0 Å². The van der Waals surface area contributed by atoms with E-state index in [1.807, 2.05) is 12.2 Å². The quantitative estimate of drug-likeness (QED) is 0.474. The summed E-state index contributed by atoms with van der Waals surface area (Å²) in [6.45, 7) is 5.93. The van der Waals surface area contributed by atoms with Crippen LogP contribution in [0, 0.1) is 17.6 Å². The highest BCUT2D eigenvalue weighted by Gasteiger charge is 2.29. The summed E-state index contributed by atoms with van der Waals surface area (Å²) in [6.07, 6.45) is 13.9. The van der Waals surface area contributed by atoms with E-state index in [0.717, 1.165) is 75.3 Å². The summed E-state index contributed by atoms with van der Waals surface area (Å²) in [6, 6.07) is 1.59. The number of halogens is 2. The molecule has 0 saturated heterocycles. The van der Waals surface area contributed by atoms with E-state index in [9.17, 15) is 4.39 Å². The molecule has 0 amide bonds. The molecule has 0 bridgehead atoms. The molecule has 2 heteroatoms. The van der Waals surface area contributed by atoms with Crippen molar-refractivity contribution >= 4 is 6.08 Å². The van der Waals surface area contributed by atoms with Crippen LogP contribution in [0.2, 0.25) is 0 Å². The number of rotatable bonds is 6. The third kappa shape index (κ3) is 4.04. The molecule has 1 aromatic carbocycles. The predicted molar refractivity (Wildman–Crippen MR) is 102 cm³/mol. The molecule has 0 heterocycles. The Morgan fingerprint density at radius 2 is 1.92 bits per heavy atom. The smallest absolute Gasteiger partial charge is 0.133 e. The molecule has 0 atom stereocenters. The van der Waals surface area contributed by atoms with Gasteiger partial charge in [-0.1, -0.05) is 31.1 Å². The van der Waals surface area contributed by atoms with E-state index in [-0.39, 0.29) is 17.6 Å². The molecule has 2 aliphatic carbocycles. The molecule has 1 aromatic rings. The van der Waals surface area contributed by atoms with Gasteiger partial charge in [-0.25, -0.2) is 8.78 Å². The third-order valence-corrected chi connectivity index (χ3v) is 6.05. The van der Waals surface area contributed by atoms with Crippen molar-refractivity contribution in [1.82, 2.24) is 0 Å². The summed E-state index contributed by atoms with van der Waals surface area (Å²) in [5.74, 6) is 0.153. The van der Waals surface area contributed by atoms with Crippen molar-refractivity contribution in [3.63, 3.8) is 0 Å². The van der Waals surface area contributed by atoms with Crippen LogP contribution in [0.1, 0.15) is 87.3 Å². The lowest BCUT2D eigenvalue weighted by Crippen LogP contribution is -2.17. The summed E-state index contributed by atoms with van der Waals surface area (Å²) >= 11 is 0. The molecule has 0 aromatic heterocycles. The number of fused-ring (bicyclic) bond motifs is 1. The molecular weight excluding hydrogens is 314 g/mol. The maximum atomic E-state index is 15.1. The van der Waals surface area contributed by atoms with Crippen molar-refractivity contribution < 1.29 is 8.78 Å². The van der Waals surface area contributed by atoms with Gasteiger partial charge in [-0.3, -0.25) is 0 Å². The van der Waals surface area contributed by atoms with E-state index in [1.54, 1.807) is 6.07 Å². The molecule has 3 rings (SSSR count). The van der Waals surface area contributed by atoms with Crippen LogP contribution in [0.25, 0.3) is 6.08 Å². The zero-order chi connectivity index (χ0) is 17.8. The van der Waals surface area contributed by atoms with Gasteiger partial charge in [-0.05, 0) is 86.8 Å². The molecule has 1 fully saturated rings. The number of benzene rings is 1. The fraction of sp³-hybridized carbons (Fsp3) is 0.565. The summed E-state index contributed by atoms with van der Waals surface area (Å²) in [4.78, 5) is 0. The van der Waals surface area contributed by atoms with Crippen molar-refractivity contribution in [2.24, 2.45) is 5.92 Å². The van der Waals surface area contributed by atoms with Gasteiger partial charge in [0.25, 0.3) is 0 Å². The van der Waals surface area contributed by atoms with E-state index in [1.165, 1.54) is 5.57 Å². The summed E-state index contributed by atoms with van der Waals surface area (Å²) in [5.41, 5.74) is 3.20. The Morgan fingerprint density at radius 1 is 1.16 bits per heavy atom. The maximum absolute atomic E-state index is 15.1. The average molecular weight is 344 g/mol. The van der Waals surface area contributed by atoms with Gasteiger partial charge in [0.1, 0.15) is 11.6 Å². The number of hydrogen-bond donors (Lipinski definition) is 0. The SMILES string of the molecule is C=CCCC1CCC(c2c(F)cc3c(c2F)CCC(CCC)=C3)CC1. The second-order valence-corrected chi connectivity index (χ2v) is 7.79. The summed E-state index contributed by atoms with van der Waals surface area (Å²) < 4.78 is 29.9. The Kier molecular flexibility index (Phi) is 6.09. The van der Waals surface area contributed by atoms with E-state index < -0.39 is 0 Å². The van der Waals surface area contributed by atoms with Gasteiger partial charge in [-0.2, -0.15) is 0 Å². The summed E-state index contributed by atoms with van der Waals surface area (Å²) in [7, 11) is 0. The Balaban J connectivity index is 1.79. The zero-order valence-corrected chi connectivity index (χ0v) is 15.4. The number of hydrogen-bond acceptors (Lipinski definition) is 0. The van der Waals surface area contributed by atoms with Crippen LogP contribution in [0.3, 0.4) is 0 Å². The first-order chi connectivity index (χ1) is 12.1. The predicted octanol–water partition coefficient (Wildman–Crippen LogP) is 7.33. The van der Waals surface area contributed by atoms with Crippen LogP contribution < -0.4 is 0 Å². The molecule has 1 saturated carbocycles. The fourth-order valence-corrected chi connectivity index (χ4v) is 4.64. The van der Waals surface area contributed by atoms with Gasteiger partial charge in [0, 0.05) is 5.56 Å². The van der Waals surface area contributed by atoms with Crippen molar-refractivity contribution in [2.45, 2.75) is 77.0 Å². The Bertz CT molecular complexity index is 649. The maximum Gasteiger partial charge on any atom is 0.133 e. The molecule has 0 unspecified atom stereocenters. The van der Waals surface area contributed by atoms with Crippen molar-refractivity contribution in [1.29, 1.82) is 0 Å². The molecule has 25 heavy (non-hydrogen) atoms. The minimum atomic E-state index is -0.334. The average Bonchev–Trinajstić information content (AvgIpc) is 2.61. The van der Waals surface area contributed by atoms with Gasteiger partial charge in [0.2, 0.25) is 0 Å². The summed E-state index contributed by atoms with van der Waals surface area (Å²) in [5, 5.41) is 0. The Hall–Kier alpha value is -1.44. The minimum absolute atomic E-state index is 0.0475. The van der Waals surface area contributed by atoms with E-state index in [0.29, 0.717) is 11.5 Å². The Morgan fingerprint density at radius 3 is 2.60 bits per heavy atom. The van der Waals surface area contributed by atoms with Crippen LogP contribution in [0.4, 0.5) is 8.78 Å². The standard InChI is InChI=1S/C23H30F2/c1-3-5-7-16-8-11-18(12-9-16)22-21(24)15-19-14-17(6-4-2)10-13-20(19)23(22)25/h3,14-16,18H,1,4-13H2,2H3. The van der Waals surface area contributed by atoms with E-state index >= 15 is 4.39 Å². The molecule has 136 valence electrons. The Labute approximate surface area is 151 Å². The first-order valence-electron chi connectivity index (χ1n) is 9.95. The molecule has 0 N–H and O–H groups in total. The highest BCUT2D eigenvalue weighted by atomic mass is 19.1. The minimum Gasteiger partial charge on any atom is -0.207 e. The molecule has 0 radical (unpaired) electrons. The van der Waals surface area contributed by atoms with Crippen molar-refractivity contribution in [3.05, 3.63) is 52.6 Å². The molecule has 0 nitrogen and oxygen atoms in total. The monoisotopic (exact) mass is 344 g/mol.